The minimum atomic E-state index is -0.957. The van der Waals surface area contributed by atoms with E-state index in [4.69, 9.17) is 16.7 Å². The lowest BCUT2D eigenvalue weighted by molar-refractivity contribution is -0.141. The summed E-state index contributed by atoms with van der Waals surface area (Å²) >= 11 is 8.65. The third-order valence-corrected chi connectivity index (χ3v) is 5.55. The molecule has 5 nitrogen and oxygen atoms in total. The lowest BCUT2D eigenvalue weighted by Crippen LogP contribution is -2.40. The number of carboxylic acids is 1. The second-order valence-electron chi connectivity index (χ2n) is 4.64. The monoisotopic (exact) mass is 342 g/mol. The lowest BCUT2D eigenvalue weighted by Gasteiger charge is -2.20. The molecule has 110 valence electrons. The number of aliphatic carboxylic acids is 1. The van der Waals surface area contributed by atoms with E-state index in [1.807, 2.05) is 6.07 Å². The lowest BCUT2D eigenvalue weighted by atomic mass is 10.2. The highest BCUT2D eigenvalue weighted by molar-refractivity contribution is 7.23. The maximum atomic E-state index is 12.4. The van der Waals surface area contributed by atoms with Gasteiger partial charge >= 0.3 is 5.97 Å². The fourth-order valence-electron chi connectivity index (χ4n) is 2.33. The summed E-state index contributed by atoms with van der Waals surface area (Å²) in [5.41, 5.74) is 0.299. The number of halogens is 1. The molecule has 3 heterocycles. The summed E-state index contributed by atoms with van der Waals surface area (Å²) in [6.07, 6.45) is 1.21. The third-order valence-electron chi connectivity index (χ3n) is 3.31. The molecule has 1 atom stereocenters. The summed E-state index contributed by atoms with van der Waals surface area (Å²) in [6.45, 7) is 0.466. The summed E-state index contributed by atoms with van der Waals surface area (Å²) in [5.74, 6) is -1.27. The maximum Gasteiger partial charge on any atom is 0.326 e. The first-order chi connectivity index (χ1) is 10.1. The second kappa shape index (κ2) is 5.75. The summed E-state index contributed by atoms with van der Waals surface area (Å²) in [5, 5.41) is 11.5. The first-order valence-electron chi connectivity index (χ1n) is 6.31. The molecular formula is C13H11ClN2O3S2. The van der Waals surface area contributed by atoms with Gasteiger partial charge < -0.3 is 10.0 Å². The Kier molecular flexibility index (Phi) is 3.97. The van der Waals surface area contributed by atoms with Crippen molar-refractivity contribution in [2.24, 2.45) is 0 Å². The zero-order chi connectivity index (χ0) is 15.0. The summed E-state index contributed by atoms with van der Waals surface area (Å²) < 4.78 is 0.665. The predicted octanol–water partition coefficient (Wildman–Crippen LogP) is 3.21. The van der Waals surface area contributed by atoms with E-state index in [0.717, 1.165) is 9.88 Å². The normalized spacial score (nSPS) is 18.1. The third kappa shape index (κ3) is 2.81. The standard InChI is InChI=1S/C13H11ClN2O3S2/c14-10-4-3-9(21-10)11-15-7(6-20-11)12(17)16-5-1-2-8(16)13(18)19/h3-4,6,8H,1-2,5H2,(H,18,19). The number of carboxylic acid groups (broad SMARTS) is 1. The molecule has 0 saturated carbocycles. The van der Waals surface area contributed by atoms with Crippen molar-refractivity contribution in [3.8, 4) is 9.88 Å². The Balaban J connectivity index is 1.83. The predicted molar refractivity (Wildman–Crippen MR) is 82.1 cm³/mol. The number of amides is 1. The number of carbonyl (C=O) groups excluding carboxylic acids is 1. The Morgan fingerprint density at radius 2 is 2.24 bits per heavy atom. The van der Waals surface area contributed by atoms with Crippen LogP contribution < -0.4 is 0 Å². The van der Waals surface area contributed by atoms with Gasteiger partial charge in [-0.1, -0.05) is 11.6 Å². The van der Waals surface area contributed by atoms with Gasteiger partial charge in [0.15, 0.2) is 0 Å². The quantitative estimate of drug-likeness (QED) is 0.929. The fraction of sp³-hybridized carbons (Fsp3) is 0.308. The highest BCUT2D eigenvalue weighted by atomic mass is 35.5. The summed E-state index contributed by atoms with van der Waals surface area (Å²) in [7, 11) is 0. The molecule has 1 amide bonds. The average Bonchev–Trinajstić information content (AvgIpc) is 3.17. The topological polar surface area (TPSA) is 70.5 Å². The van der Waals surface area contributed by atoms with Crippen LogP contribution in [0.5, 0.6) is 0 Å². The van der Waals surface area contributed by atoms with Gasteiger partial charge in [0, 0.05) is 11.9 Å². The molecule has 1 saturated heterocycles. The van der Waals surface area contributed by atoms with Gasteiger partial charge in [0.1, 0.15) is 16.7 Å². The first kappa shape index (κ1) is 14.5. The Labute approximate surface area is 133 Å². The minimum absolute atomic E-state index is 0.299. The molecule has 1 N–H and O–H groups in total. The average molecular weight is 343 g/mol. The van der Waals surface area contributed by atoms with Crippen LogP contribution in [0.2, 0.25) is 4.34 Å². The van der Waals surface area contributed by atoms with Gasteiger partial charge in [-0.05, 0) is 25.0 Å². The van der Waals surface area contributed by atoms with Gasteiger partial charge in [-0.3, -0.25) is 4.79 Å². The number of aromatic nitrogens is 1. The molecule has 0 bridgehead atoms. The van der Waals surface area contributed by atoms with Crippen LogP contribution in [-0.2, 0) is 4.79 Å². The molecule has 21 heavy (non-hydrogen) atoms. The van der Waals surface area contributed by atoms with Crippen LogP contribution >= 0.6 is 34.3 Å². The van der Waals surface area contributed by atoms with E-state index in [9.17, 15) is 9.59 Å². The number of carbonyl (C=O) groups is 2. The number of likely N-dealkylation sites (tertiary alicyclic amines) is 1. The number of thiazole rings is 1. The van der Waals surface area contributed by atoms with Crippen LogP contribution in [0.15, 0.2) is 17.5 Å². The zero-order valence-electron chi connectivity index (χ0n) is 10.8. The number of hydrogen-bond acceptors (Lipinski definition) is 5. The largest absolute Gasteiger partial charge is 0.480 e. The van der Waals surface area contributed by atoms with Crippen LogP contribution in [0.4, 0.5) is 0 Å². The van der Waals surface area contributed by atoms with Crippen molar-refractivity contribution in [2.45, 2.75) is 18.9 Å². The fourth-order valence-corrected chi connectivity index (χ4v) is 4.24. The first-order valence-corrected chi connectivity index (χ1v) is 8.38. The molecule has 2 aromatic rings. The molecule has 0 aliphatic carbocycles. The van der Waals surface area contributed by atoms with Gasteiger partial charge in [-0.15, -0.1) is 22.7 Å². The minimum Gasteiger partial charge on any atom is -0.480 e. The van der Waals surface area contributed by atoms with Gasteiger partial charge in [0.25, 0.3) is 5.91 Å². The molecule has 0 aromatic carbocycles. The molecule has 8 heteroatoms. The van der Waals surface area contributed by atoms with Crippen molar-refractivity contribution in [3.05, 3.63) is 27.5 Å². The molecule has 1 fully saturated rings. The zero-order valence-corrected chi connectivity index (χ0v) is 13.2. The molecule has 1 unspecified atom stereocenters. The Morgan fingerprint density at radius 3 is 2.90 bits per heavy atom. The van der Waals surface area contributed by atoms with Gasteiger partial charge in [-0.2, -0.15) is 0 Å². The van der Waals surface area contributed by atoms with E-state index in [1.54, 1.807) is 11.4 Å². The number of thiophene rings is 1. The van der Waals surface area contributed by atoms with Crippen molar-refractivity contribution in [3.63, 3.8) is 0 Å². The van der Waals surface area contributed by atoms with E-state index < -0.39 is 12.0 Å². The van der Waals surface area contributed by atoms with E-state index in [2.05, 4.69) is 4.98 Å². The Hall–Kier alpha value is -1.44. The van der Waals surface area contributed by atoms with Crippen LogP contribution in [-0.4, -0.2) is 39.5 Å². The SMILES string of the molecule is O=C(O)C1CCCN1C(=O)c1csc(-c2ccc(Cl)s2)n1. The van der Waals surface area contributed by atoms with Crippen molar-refractivity contribution >= 4 is 46.2 Å². The summed E-state index contributed by atoms with van der Waals surface area (Å²) in [4.78, 5) is 30.2. The number of hydrogen-bond donors (Lipinski definition) is 1. The van der Waals surface area contributed by atoms with Gasteiger partial charge in [-0.25, -0.2) is 9.78 Å². The van der Waals surface area contributed by atoms with Crippen LogP contribution in [0, 0.1) is 0 Å². The molecular weight excluding hydrogens is 332 g/mol. The van der Waals surface area contributed by atoms with Crippen LogP contribution in [0.1, 0.15) is 23.3 Å². The van der Waals surface area contributed by atoms with Crippen molar-refractivity contribution in [1.29, 1.82) is 0 Å². The van der Waals surface area contributed by atoms with Gasteiger partial charge in [0.2, 0.25) is 0 Å². The summed E-state index contributed by atoms with van der Waals surface area (Å²) in [6, 6.07) is 2.90. The van der Waals surface area contributed by atoms with E-state index in [0.29, 0.717) is 29.4 Å². The molecule has 1 aliphatic rings. The highest BCUT2D eigenvalue weighted by Gasteiger charge is 2.35. The highest BCUT2D eigenvalue weighted by Crippen LogP contribution is 2.33. The van der Waals surface area contributed by atoms with Gasteiger partial charge in [0.05, 0.1) is 9.21 Å². The van der Waals surface area contributed by atoms with E-state index >= 15 is 0 Å². The Morgan fingerprint density at radius 1 is 1.43 bits per heavy atom. The van der Waals surface area contributed by atoms with E-state index in [1.165, 1.54) is 27.6 Å². The molecule has 0 spiro atoms. The van der Waals surface area contributed by atoms with Crippen molar-refractivity contribution < 1.29 is 14.7 Å². The van der Waals surface area contributed by atoms with Crippen molar-refractivity contribution in [1.82, 2.24) is 9.88 Å². The smallest absolute Gasteiger partial charge is 0.326 e. The molecule has 1 aliphatic heterocycles. The number of rotatable bonds is 3. The Bertz CT molecular complexity index is 697. The van der Waals surface area contributed by atoms with Crippen molar-refractivity contribution in [2.75, 3.05) is 6.54 Å². The van der Waals surface area contributed by atoms with Crippen LogP contribution in [0.25, 0.3) is 9.88 Å². The molecule has 0 radical (unpaired) electrons. The van der Waals surface area contributed by atoms with E-state index in [-0.39, 0.29) is 5.91 Å². The van der Waals surface area contributed by atoms with Crippen LogP contribution in [0.3, 0.4) is 0 Å². The molecule has 2 aromatic heterocycles. The second-order valence-corrected chi connectivity index (χ2v) is 7.21. The maximum absolute atomic E-state index is 12.4. The number of nitrogens with zero attached hydrogens (tertiary/aromatic N) is 2. The molecule has 3 rings (SSSR count).